The Hall–Kier alpha value is -2.72. The van der Waals surface area contributed by atoms with Crippen LogP contribution in [0.1, 0.15) is 69.8 Å². The summed E-state index contributed by atoms with van der Waals surface area (Å²) in [6.45, 7) is 11.1. The first kappa shape index (κ1) is 26.9. The van der Waals surface area contributed by atoms with Gasteiger partial charge in [0, 0.05) is 36.8 Å². The molecule has 0 aliphatic rings. The number of nitrogens with zero attached hydrogens (tertiary/aromatic N) is 3. The van der Waals surface area contributed by atoms with Crippen LogP contribution in [-0.2, 0) is 27.7 Å². The normalized spacial score (nSPS) is 11.9. The molecule has 1 aromatic carbocycles. The van der Waals surface area contributed by atoms with E-state index in [4.69, 9.17) is 4.74 Å². The van der Waals surface area contributed by atoms with Crippen LogP contribution < -0.4 is 4.72 Å². The van der Waals surface area contributed by atoms with E-state index in [0.717, 1.165) is 29.1 Å². The van der Waals surface area contributed by atoms with Gasteiger partial charge in [0.25, 0.3) is 10.0 Å². The Balaban J connectivity index is 1.88. The zero-order valence-electron chi connectivity index (χ0n) is 20.9. The molecule has 0 radical (unpaired) electrons. The van der Waals surface area contributed by atoms with Gasteiger partial charge < -0.3 is 9.30 Å². The number of carbonyl (C=O) groups is 1. The van der Waals surface area contributed by atoms with Crippen molar-refractivity contribution < 1.29 is 17.9 Å². The van der Waals surface area contributed by atoms with Gasteiger partial charge in [0.2, 0.25) is 0 Å². The van der Waals surface area contributed by atoms with Gasteiger partial charge in [0.1, 0.15) is 11.5 Å². The van der Waals surface area contributed by atoms with E-state index in [1.807, 2.05) is 42.1 Å². The molecule has 10 heteroatoms. The third kappa shape index (κ3) is 7.14. The quantitative estimate of drug-likeness (QED) is 0.332. The van der Waals surface area contributed by atoms with Crippen molar-refractivity contribution in [3.8, 4) is 11.3 Å². The molecule has 190 valence electrons. The van der Waals surface area contributed by atoms with Crippen LogP contribution in [-0.4, -0.2) is 35.7 Å². The van der Waals surface area contributed by atoms with Crippen molar-refractivity contribution in [1.29, 1.82) is 0 Å². The van der Waals surface area contributed by atoms with Gasteiger partial charge in [-0.05, 0) is 17.9 Å². The number of ether oxygens (including phenoxy) is 1. The molecule has 0 bridgehead atoms. The van der Waals surface area contributed by atoms with E-state index in [0.29, 0.717) is 47.5 Å². The van der Waals surface area contributed by atoms with Crippen molar-refractivity contribution in [1.82, 2.24) is 19.3 Å². The van der Waals surface area contributed by atoms with Crippen molar-refractivity contribution in [3.05, 3.63) is 53.1 Å². The summed E-state index contributed by atoms with van der Waals surface area (Å²) in [4.78, 5) is 21.2. The summed E-state index contributed by atoms with van der Waals surface area (Å²) in [7, 11) is -4.14. The number of hydrogen-bond acceptors (Lipinski definition) is 7. The Morgan fingerprint density at radius 3 is 2.51 bits per heavy atom. The number of hydrogen-bond donors (Lipinski definition) is 1. The summed E-state index contributed by atoms with van der Waals surface area (Å²) in [5.41, 5.74) is 2.08. The zero-order valence-corrected chi connectivity index (χ0v) is 22.6. The molecule has 0 aliphatic carbocycles. The van der Waals surface area contributed by atoms with Crippen LogP contribution >= 0.6 is 11.3 Å². The Morgan fingerprint density at radius 1 is 1.17 bits per heavy atom. The SMILES string of the molecule is CCCCOC(=O)NS(=O)(=O)c1sc(CC(C)C)nc1-c1ccc(Cn2ccnc2C(C)C)cc1. The number of rotatable bonds is 11. The molecule has 0 atom stereocenters. The number of benzene rings is 1. The first-order valence-electron chi connectivity index (χ1n) is 11.9. The van der Waals surface area contributed by atoms with Gasteiger partial charge in [-0.15, -0.1) is 11.3 Å². The molecule has 2 heterocycles. The van der Waals surface area contributed by atoms with Crippen LogP contribution in [0.15, 0.2) is 40.9 Å². The summed E-state index contributed by atoms with van der Waals surface area (Å²) in [5.74, 6) is 1.63. The molecule has 0 aliphatic heterocycles. The first-order chi connectivity index (χ1) is 16.6. The zero-order chi connectivity index (χ0) is 25.6. The number of imidazole rings is 1. The van der Waals surface area contributed by atoms with Gasteiger partial charge in [0.05, 0.1) is 11.6 Å². The third-order valence-electron chi connectivity index (χ3n) is 5.26. The minimum Gasteiger partial charge on any atom is -0.449 e. The van der Waals surface area contributed by atoms with E-state index >= 15 is 0 Å². The lowest BCUT2D eigenvalue weighted by Crippen LogP contribution is -2.31. The minimum atomic E-state index is -4.14. The third-order valence-corrected chi connectivity index (χ3v) is 8.16. The van der Waals surface area contributed by atoms with Crippen LogP contribution in [0.3, 0.4) is 0 Å². The molecule has 3 rings (SSSR count). The Morgan fingerprint density at radius 2 is 1.89 bits per heavy atom. The van der Waals surface area contributed by atoms with E-state index < -0.39 is 16.1 Å². The van der Waals surface area contributed by atoms with E-state index in [1.54, 1.807) is 6.20 Å². The van der Waals surface area contributed by atoms with Gasteiger partial charge in [-0.1, -0.05) is 65.3 Å². The molecule has 0 spiro atoms. The number of unbranched alkanes of at least 4 members (excludes halogenated alkanes) is 1. The van der Waals surface area contributed by atoms with E-state index in [2.05, 4.69) is 42.2 Å². The topological polar surface area (TPSA) is 103 Å². The molecule has 3 aromatic rings. The molecular formula is C25H34N4O4S2. The molecule has 0 unspecified atom stereocenters. The lowest BCUT2D eigenvalue weighted by atomic mass is 10.1. The highest BCUT2D eigenvalue weighted by molar-refractivity contribution is 7.92. The van der Waals surface area contributed by atoms with Crippen molar-refractivity contribution in [3.63, 3.8) is 0 Å². The van der Waals surface area contributed by atoms with Gasteiger partial charge in [-0.3, -0.25) is 0 Å². The van der Waals surface area contributed by atoms with Crippen molar-refractivity contribution in [2.75, 3.05) is 6.61 Å². The molecule has 0 saturated carbocycles. The van der Waals surface area contributed by atoms with Crippen molar-refractivity contribution >= 4 is 27.5 Å². The highest BCUT2D eigenvalue weighted by atomic mass is 32.2. The van der Waals surface area contributed by atoms with Crippen LogP contribution in [0, 0.1) is 5.92 Å². The van der Waals surface area contributed by atoms with Crippen molar-refractivity contribution in [2.24, 2.45) is 5.92 Å². The monoisotopic (exact) mass is 518 g/mol. The molecule has 35 heavy (non-hydrogen) atoms. The molecule has 1 amide bonds. The molecule has 1 N–H and O–H groups in total. The minimum absolute atomic E-state index is 0.0186. The maximum atomic E-state index is 13.1. The summed E-state index contributed by atoms with van der Waals surface area (Å²) >= 11 is 1.09. The number of sulfonamides is 1. The largest absolute Gasteiger partial charge is 0.449 e. The van der Waals surface area contributed by atoms with Gasteiger partial charge in [-0.25, -0.2) is 27.9 Å². The van der Waals surface area contributed by atoms with Crippen LogP contribution in [0.5, 0.6) is 0 Å². The second-order valence-corrected chi connectivity index (χ2v) is 12.2. The maximum absolute atomic E-state index is 13.1. The molecular weight excluding hydrogens is 484 g/mol. The summed E-state index contributed by atoms with van der Waals surface area (Å²) in [5, 5.41) is 0.707. The van der Waals surface area contributed by atoms with Crippen molar-refractivity contribution in [2.45, 2.75) is 70.6 Å². The number of thiazole rings is 1. The molecule has 2 aromatic heterocycles. The van der Waals surface area contributed by atoms with E-state index in [1.165, 1.54) is 0 Å². The summed E-state index contributed by atoms with van der Waals surface area (Å²) < 4.78 is 35.3. The fourth-order valence-corrected chi connectivity index (χ4v) is 6.23. The van der Waals surface area contributed by atoms with Gasteiger partial charge in [0.15, 0.2) is 4.21 Å². The number of carbonyl (C=O) groups excluding carboxylic acids is 1. The molecule has 0 fully saturated rings. The second-order valence-electron chi connectivity index (χ2n) is 9.20. The molecule has 0 saturated heterocycles. The second kappa shape index (κ2) is 11.8. The lowest BCUT2D eigenvalue weighted by Gasteiger charge is -2.11. The summed E-state index contributed by atoms with van der Waals surface area (Å²) in [6.07, 6.45) is 4.93. The predicted molar refractivity (Wildman–Crippen MR) is 138 cm³/mol. The standard InChI is InChI=1S/C25H34N4O4S2/c1-6-7-14-33-25(30)28-35(31,32)24-22(27-21(34-24)15-17(2)3)20-10-8-19(9-11-20)16-29-13-12-26-23(29)18(4)5/h8-13,17-18H,6-7,14-16H2,1-5H3,(H,28,30). The smallest absolute Gasteiger partial charge is 0.421 e. The average molecular weight is 519 g/mol. The average Bonchev–Trinajstić information content (AvgIpc) is 3.41. The summed E-state index contributed by atoms with van der Waals surface area (Å²) in [6, 6.07) is 7.66. The molecule has 8 nitrogen and oxygen atoms in total. The fourth-order valence-electron chi connectivity index (χ4n) is 3.56. The van der Waals surface area contributed by atoms with Crippen LogP contribution in [0.4, 0.5) is 4.79 Å². The Kier molecular flexibility index (Phi) is 9.07. The van der Waals surface area contributed by atoms with Gasteiger partial charge >= 0.3 is 6.09 Å². The maximum Gasteiger partial charge on any atom is 0.421 e. The number of nitrogens with one attached hydrogen (secondary N) is 1. The van der Waals surface area contributed by atoms with Gasteiger partial charge in [-0.2, -0.15) is 0 Å². The first-order valence-corrected chi connectivity index (χ1v) is 14.2. The van der Waals surface area contributed by atoms with E-state index in [9.17, 15) is 13.2 Å². The fraction of sp³-hybridized carbons (Fsp3) is 0.480. The predicted octanol–water partition coefficient (Wildman–Crippen LogP) is 5.59. The Bertz CT molecular complexity index is 1230. The van der Waals surface area contributed by atoms with Crippen LogP contribution in [0.25, 0.3) is 11.3 Å². The highest BCUT2D eigenvalue weighted by Crippen LogP contribution is 2.33. The van der Waals surface area contributed by atoms with E-state index in [-0.39, 0.29) is 10.8 Å². The Labute approximate surface area is 211 Å². The highest BCUT2D eigenvalue weighted by Gasteiger charge is 2.27. The lowest BCUT2D eigenvalue weighted by molar-refractivity contribution is 0.151. The number of aromatic nitrogens is 3. The van der Waals surface area contributed by atoms with Crippen LogP contribution in [0.2, 0.25) is 0 Å². The number of amides is 1.